The zero-order valence-electron chi connectivity index (χ0n) is 14.7. The molecule has 1 N–H and O–H groups in total. The molecule has 118 valence electrons. The number of guanidine groups is 1. The van der Waals surface area contributed by atoms with E-state index < -0.39 is 0 Å². The number of hydrogen-bond donors (Lipinski definition) is 1. The first-order valence-corrected chi connectivity index (χ1v) is 7.97. The van der Waals surface area contributed by atoms with E-state index >= 15 is 0 Å². The molecule has 0 aliphatic carbocycles. The van der Waals surface area contributed by atoms with Crippen molar-refractivity contribution >= 4 is 11.6 Å². The standard InChI is InChI=1S/C18H31N3/c1-8-12-20(6)18(19)21(7)17-15(13(2)3)10-9-11-16(17)14(4)5/h9-11,13-14,19H,8,12H2,1-7H3. The van der Waals surface area contributed by atoms with Gasteiger partial charge in [0.05, 0.1) is 5.69 Å². The van der Waals surface area contributed by atoms with E-state index in [1.54, 1.807) is 0 Å². The van der Waals surface area contributed by atoms with Crippen molar-refractivity contribution in [1.82, 2.24) is 4.90 Å². The van der Waals surface area contributed by atoms with Crippen LogP contribution in [0.2, 0.25) is 0 Å². The van der Waals surface area contributed by atoms with Crippen LogP contribution in [-0.4, -0.2) is 31.5 Å². The van der Waals surface area contributed by atoms with Gasteiger partial charge in [-0.2, -0.15) is 0 Å². The molecule has 0 bridgehead atoms. The summed E-state index contributed by atoms with van der Waals surface area (Å²) >= 11 is 0. The third-order valence-electron chi connectivity index (χ3n) is 3.92. The van der Waals surface area contributed by atoms with Gasteiger partial charge in [0.2, 0.25) is 0 Å². The topological polar surface area (TPSA) is 30.3 Å². The summed E-state index contributed by atoms with van der Waals surface area (Å²) in [4.78, 5) is 4.06. The Morgan fingerprint density at radius 1 is 1.05 bits per heavy atom. The highest BCUT2D eigenvalue weighted by atomic mass is 15.3. The maximum absolute atomic E-state index is 8.47. The fraction of sp³-hybridized carbons (Fsp3) is 0.611. The highest BCUT2D eigenvalue weighted by molar-refractivity contribution is 5.95. The second kappa shape index (κ2) is 7.48. The normalized spacial score (nSPS) is 11.1. The Hall–Kier alpha value is -1.51. The number of nitrogens with zero attached hydrogens (tertiary/aromatic N) is 2. The van der Waals surface area contributed by atoms with Crippen molar-refractivity contribution in [3.05, 3.63) is 29.3 Å². The fourth-order valence-corrected chi connectivity index (χ4v) is 2.70. The van der Waals surface area contributed by atoms with Crippen LogP contribution < -0.4 is 4.90 Å². The molecular formula is C18H31N3. The third-order valence-corrected chi connectivity index (χ3v) is 3.92. The van der Waals surface area contributed by atoms with E-state index in [4.69, 9.17) is 5.41 Å². The van der Waals surface area contributed by atoms with Crippen molar-refractivity contribution < 1.29 is 0 Å². The minimum atomic E-state index is 0.449. The van der Waals surface area contributed by atoms with Crippen molar-refractivity contribution in [2.75, 3.05) is 25.5 Å². The fourth-order valence-electron chi connectivity index (χ4n) is 2.70. The summed E-state index contributed by atoms with van der Waals surface area (Å²) in [7, 11) is 4.01. The molecule has 1 aromatic carbocycles. The largest absolute Gasteiger partial charge is 0.346 e. The van der Waals surface area contributed by atoms with Gasteiger partial charge in [0.25, 0.3) is 0 Å². The molecule has 3 heteroatoms. The molecule has 0 saturated heterocycles. The molecule has 0 heterocycles. The van der Waals surface area contributed by atoms with Crippen LogP contribution in [-0.2, 0) is 0 Å². The number of nitrogens with one attached hydrogen (secondary N) is 1. The maximum Gasteiger partial charge on any atom is 0.197 e. The molecule has 21 heavy (non-hydrogen) atoms. The van der Waals surface area contributed by atoms with Crippen LogP contribution in [0.1, 0.15) is 64.0 Å². The Morgan fingerprint density at radius 2 is 1.52 bits per heavy atom. The highest BCUT2D eigenvalue weighted by Crippen LogP contribution is 2.34. The molecule has 0 atom stereocenters. The van der Waals surface area contributed by atoms with E-state index in [1.165, 1.54) is 16.8 Å². The second-order valence-corrected chi connectivity index (χ2v) is 6.40. The van der Waals surface area contributed by atoms with Crippen molar-refractivity contribution in [1.29, 1.82) is 5.41 Å². The van der Waals surface area contributed by atoms with Crippen LogP contribution in [0.3, 0.4) is 0 Å². The summed E-state index contributed by atoms with van der Waals surface area (Å²) in [6.45, 7) is 11.9. The van der Waals surface area contributed by atoms with Gasteiger partial charge in [-0.25, -0.2) is 0 Å². The first kappa shape index (κ1) is 17.5. The first-order chi connectivity index (χ1) is 9.81. The van der Waals surface area contributed by atoms with Gasteiger partial charge >= 0.3 is 0 Å². The molecule has 0 amide bonds. The van der Waals surface area contributed by atoms with Gasteiger partial charge in [0.1, 0.15) is 0 Å². The summed E-state index contributed by atoms with van der Waals surface area (Å²) in [5.74, 6) is 1.46. The van der Waals surface area contributed by atoms with Gasteiger partial charge in [-0.3, -0.25) is 5.41 Å². The van der Waals surface area contributed by atoms with Gasteiger partial charge < -0.3 is 9.80 Å². The predicted molar refractivity (Wildman–Crippen MR) is 93.7 cm³/mol. The summed E-state index contributed by atoms with van der Waals surface area (Å²) < 4.78 is 0. The van der Waals surface area contributed by atoms with Gasteiger partial charge in [0, 0.05) is 20.6 Å². The molecule has 0 aliphatic rings. The Kier molecular flexibility index (Phi) is 6.25. The zero-order chi connectivity index (χ0) is 16.2. The van der Waals surface area contributed by atoms with E-state index in [0.29, 0.717) is 17.8 Å². The molecule has 0 aromatic heterocycles. The Balaban J connectivity index is 3.29. The number of anilines is 1. The summed E-state index contributed by atoms with van der Waals surface area (Å²) in [6, 6.07) is 6.52. The quantitative estimate of drug-likeness (QED) is 0.632. The monoisotopic (exact) mass is 289 g/mol. The number of hydrogen-bond acceptors (Lipinski definition) is 1. The number of benzene rings is 1. The zero-order valence-corrected chi connectivity index (χ0v) is 14.7. The molecule has 0 spiro atoms. The van der Waals surface area contributed by atoms with Crippen molar-refractivity contribution in [2.24, 2.45) is 0 Å². The molecule has 0 saturated carbocycles. The molecule has 0 unspecified atom stereocenters. The average molecular weight is 289 g/mol. The van der Waals surface area contributed by atoms with Gasteiger partial charge in [0.15, 0.2) is 5.96 Å². The number of para-hydroxylation sites is 1. The van der Waals surface area contributed by atoms with Crippen LogP contribution in [0, 0.1) is 5.41 Å². The Morgan fingerprint density at radius 3 is 1.90 bits per heavy atom. The Bertz CT molecular complexity index is 451. The van der Waals surface area contributed by atoms with Gasteiger partial charge in [-0.05, 0) is 29.4 Å². The predicted octanol–water partition coefficient (Wildman–Crippen LogP) is 4.65. The van der Waals surface area contributed by atoms with Gasteiger partial charge in [-0.15, -0.1) is 0 Å². The van der Waals surface area contributed by atoms with Crippen LogP contribution in [0.15, 0.2) is 18.2 Å². The van der Waals surface area contributed by atoms with E-state index in [-0.39, 0.29) is 0 Å². The lowest BCUT2D eigenvalue weighted by atomic mass is 9.92. The molecule has 0 radical (unpaired) electrons. The molecule has 1 rings (SSSR count). The van der Waals surface area contributed by atoms with Gasteiger partial charge in [-0.1, -0.05) is 52.8 Å². The van der Waals surface area contributed by atoms with Crippen LogP contribution in [0.25, 0.3) is 0 Å². The SMILES string of the molecule is CCCN(C)C(=N)N(C)c1c(C(C)C)cccc1C(C)C. The maximum atomic E-state index is 8.47. The third kappa shape index (κ3) is 3.99. The van der Waals surface area contributed by atoms with E-state index in [9.17, 15) is 0 Å². The Labute approximate surface area is 130 Å². The number of rotatable bonds is 5. The van der Waals surface area contributed by atoms with Crippen LogP contribution in [0.5, 0.6) is 0 Å². The van der Waals surface area contributed by atoms with Crippen molar-refractivity contribution in [3.8, 4) is 0 Å². The van der Waals surface area contributed by atoms with Crippen LogP contribution >= 0.6 is 0 Å². The van der Waals surface area contributed by atoms with Crippen molar-refractivity contribution in [3.63, 3.8) is 0 Å². The van der Waals surface area contributed by atoms with E-state index in [2.05, 4.69) is 52.8 Å². The summed E-state index contributed by atoms with van der Waals surface area (Å²) in [5.41, 5.74) is 3.84. The molecular weight excluding hydrogens is 258 g/mol. The summed E-state index contributed by atoms with van der Waals surface area (Å²) in [5, 5.41) is 8.47. The molecule has 0 fully saturated rings. The van der Waals surface area contributed by atoms with E-state index in [0.717, 1.165) is 13.0 Å². The lowest BCUT2D eigenvalue weighted by molar-refractivity contribution is 0.489. The summed E-state index contributed by atoms with van der Waals surface area (Å²) in [6.07, 6.45) is 1.05. The molecule has 0 aliphatic heterocycles. The average Bonchev–Trinajstić information content (AvgIpc) is 2.44. The van der Waals surface area contributed by atoms with Crippen molar-refractivity contribution in [2.45, 2.75) is 52.9 Å². The smallest absolute Gasteiger partial charge is 0.197 e. The molecule has 1 aromatic rings. The first-order valence-electron chi connectivity index (χ1n) is 7.97. The second-order valence-electron chi connectivity index (χ2n) is 6.40. The molecule has 3 nitrogen and oxygen atoms in total. The minimum Gasteiger partial charge on any atom is -0.346 e. The minimum absolute atomic E-state index is 0.449. The van der Waals surface area contributed by atoms with Crippen LogP contribution in [0.4, 0.5) is 5.69 Å². The highest BCUT2D eigenvalue weighted by Gasteiger charge is 2.20. The lowest BCUT2D eigenvalue weighted by Gasteiger charge is -2.32. The lowest BCUT2D eigenvalue weighted by Crippen LogP contribution is -2.40. The van der Waals surface area contributed by atoms with E-state index in [1.807, 2.05) is 23.9 Å².